The van der Waals surface area contributed by atoms with Crippen LogP contribution in [-0.4, -0.2) is 35.6 Å². The zero-order valence-corrected chi connectivity index (χ0v) is 10.7. The summed E-state index contributed by atoms with van der Waals surface area (Å²) in [6.07, 6.45) is 1.27. The summed E-state index contributed by atoms with van der Waals surface area (Å²) in [6.45, 7) is 10.2. The minimum atomic E-state index is 1.11. The highest BCUT2D eigenvalue weighted by Crippen LogP contribution is 2.15. The summed E-state index contributed by atoms with van der Waals surface area (Å²) in [5, 5.41) is 3.45. The van der Waals surface area contributed by atoms with Gasteiger partial charge in [0.2, 0.25) is 0 Å². The van der Waals surface area contributed by atoms with E-state index in [0.29, 0.717) is 0 Å². The summed E-state index contributed by atoms with van der Waals surface area (Å²) in [4.78, 5) is 2.56. The average Bonchev–Trinajstić information content (AvgIpc) is 2.53. The molecule has 0 atom stereocenters. The van der Waals surface area contributed by atoms with E-state index < -0.39 is 0 Å². The minimum absolute atomic E-state index is 1.11. The SMILES string of the molecule is Cc1cc(CN2CCCNCC2)c(C)n1C. The molecule has 0 aromatic carbocycles. The highest BCUT2D eigenvalue weighted by atomic mass is 15.2. The van der Waals surface area contributed by atoms with Crippen LogP contribution in [0.2, 0.25) is 0 Å². The van der Waals surface area contributed by atoms with Gasteiger partial charge < -0.3 is 9.88 Å². The lowest BCUT2D eigenvalue weighted by Gasteiger charge is -2.19. The maximum absolute atomic E-state index is 3.45. The van der Waals surface area contributed by atoms with E-state index in [0.717, 1.165) is 13.1 Å². The Balaban J connectivity index is 2.04. The first-order valence-corrected chi connectivity index (χ1v) is 6.23. The smallest absolute Gasteiger partial charge is 0.0252 e. The Morgan fingerprint density at radius 3 is 2.75 bits per heavy atom. The van der Waals surface area contributed by atoms with Gasteiger partial charge in [0.05, 0.1) is 0 Å². The first-order chi connectivity index (χ1) is 7.68. The summed E-state index contributed by atoms with van der Waals surface area (Å²) in [7, 11) is 2.15. The van der Waals surface area contributed by atoms with Crippen molar-refractivity contribution >= 4 is 0 Å². The third-order valence-electron chi connectivity index (χ3n) is 3.71. The Bertz CT molecular complexity index is 346. The van der Waals surface area contributed by atoms with Crippen molar-refractivity contribution in [1.29, 1.82) is 0 Å². The lowest BCUT2D eigenvalue weighted by atomic mass is 10.2. The Kier molecular flexibility index (Phi) is 3.66. The van der Waals surface area contributed by atoms with E-state index in [1.54, 1.807) is 0 Å². The number of rotatable bonds is 2. The van der Waals surface area contributed by atoms with Crippen molar-refractivity contribution < 1.29 is 0 Å². The fraction of sp³-hybridized carbons (Fsp3) is 0.692. The molecule has 1 aliphatic heterocycles. The number of nitrogens with zero attached hydrogens (tertiary/aromatic N) is 2. The van der Waals surface area contributed by atoms with Crippen LogP contribution in [0, 0.1) is 13.8 Å². The van der Waals surface area contributed by atoms with Crippen LogP contribution in [0.3, 0.4) is 0 Å². The predicted molar refractivity (Wildman–Crippen MR) is 67.7 cm³/mol. The highest BCUT2D eigenvalue weighted by Gasteiger charge is 2.12. The van der Waals surface area contributed by atoms with Gasteiger partial charge in [0.1, 0.15) is 0 Å². The van der Waals surface area contributed by atoms with Crippen LogP contribution in [0.4, 0.5) is 0 Å². The van der Waals surface area contributed by atoms with Gasteiger partial charge in [-0.15, -0.1) is 0 Å². The van der Waals surface area contributed by atoms with E-state index >= 15 is 0 Å². The number of aromatic nitrogens is 1. The van der Waals surface area contributed by atoms with Gasteiger partial charge in [-0.05, 0) is 45.0 Å². The predicted octanol–water partition coefficient (Wildman–Crippen LogP) is 1.44. The number of aryl methyl sites for hydroxylation is 1. The first-order valence-electron chi connectivity index (χ1n) is 6.23. The molecule has 2 rings (SSSR count). The molecular formula is C13H23N3. The van der Waals surface area contributed by atoms with Gasteiger partial charge in [-0.2, -0.15) is 0 Å². The van der Waals surface area contributed by atoms with Crippen LogP contribution in [0.25, 0.3) is 0 Å². The van der Waals surface area contributed by atoms with E-state index in [-0.39, 0.29) is 0 Å². The zero-order chi connectivity index (χ0) is 11.5. The van der Waals surface area contributed by atoms with Gasteiger partial charge in [0.25, 0.3) is 0 Å². The van der Waals surface area contributed by atoms with Gasteiger partial charge in [0.15, 0.2) is 0 Å². The Morgan fingerprint density at radius 1 is 1.25 bits per heavy atom. The van der Waals surface area contributed by atoms with Crippen LogP contribution in [0.1, 0.15) is 23.4 Å². The molecule has 0 bridgehead atoms. The topological polar surface area (TPSA) is 20.2 Å². The molecule has 1 aliphatic rings. The highest BCUT2D eigenvalue weighted by molar-refractivity contribution is 5.26. The first kappa shape index (κ1) is 11.7. The quantitative estimate of drug-likeness (QED) is 0.815. The normalized spacial score (nSPS) is 18.7. The Morgan fingerprint density at radius 2 is 2.06 bits per heavy atom. The van der Waals surface area contributed by atoms with Crippen molar-refractivity contribution in [3.05, 3.63) is 23.0 Å². The van der Waals surface area contributed by atoms with Gasteiger partial charge >= 0.3 is 0 Å². The molecule has 90 valence electrons. The molecule has 1 N–H and O–H groups in total. The molecule has 16 heavy (non-hydrogen) atoms. The van der Waals surface area contributed by atoms with Crippen molar-refractivity contribution in [2.45, 2.75) is 26.8 Å². The lowest BCUT2D eigenvalue weighted by molar-refractivity contribution is 0.284. The zero-order valence-electron chi connectivity index (χ0n) is 10.7. The summed E-state index contributed by atoms with van der Waals surface area (Å²) >= 11 is 0. The largest absolute Gasteiger partial charge is 0.352 e. The van der Waals surface area contributed by atoms with Crippen LogP contribution in [-0.2, 0) is 13.6 Å². The van der Waals surface area contributed by atoms with Gasteiger partial charge in [-0.25, -0.2) is 0 Å². The van der Waals surface area contributed by atoms with E-state index in [2.05, 4.69) is 41.7 Å². The fourth-order valence-corrected chi connectivity index (χ4v) is 2.39. The van der Waals surface area contributed by atoms with Crippen molar-refractivity contribution in [3.8, 4) is 0 Å². The van der Waals surface area contributed by atoms with Crippen molar-refractivity contribution in [1.82, 2.24) is 14.8 Å². The molecule has 1 fully saturated rings. The number of hydrogen-bond donors (Lipinski definition) is 1. The molecule has 1 aromatic heterocycles. The van der Waals surface area contributed by atoms with Crippen molar-refractivity contribution in [2.24, 2.45) is 7.05 Å². The Labute approximate surface area is 98.4 Å². The van der Waals surface area contributed by atoms with Crippen molar-refractivity contribution in [2.75, 3.05) is 26.2 Å². The van der Waals surface area contributed by atoms with Crippen molar-refractivity contribution in [3.63, 3.8) is 0 Å². The molecule has 0 saturated carbocycles. The molecule has 0 spiro atoms. The second kappa shape index (κ2) is 5.02. The van der Waals surface area contributed by atoms with Crippen LogP contribution >= 0.6 is 0 Å². The molecule has 3 nitrogen and oxygen atoms in total. The summed E-state index contributed by atoms with van der Waals surface area (Å²) in [6, 6.07) is 2.33. The molecule has 1 saturated heterocycles. The van der Waals surface area contributed by atoms with E-state index in [9.17, 15) is 0 Å². The number of nitrogens with one attached hydrogen (secondary N) is 1. The molecule has 3 heteroatoms. The van der Waals surface area contributed by atoms with Gasteiger partial charge in [-0.3, -0.25) is 4.90 Å². The molecule has 1 aromatic rings. The number of hydrogen-bond acceptors (Lipinski definition) is 2. The molecule has 0 aliphatic carbocycles. The fourth-order valence-electron chi connectivity index (χ4n) is 2.39. The van der Waals surface area contributed by atoms with Gasteiger partial charge in [-0.1, -0.05) is 0 Å². The minimum Gasteiger partial charge on any atom is -0.352 e. The van der Waals surface area contributed by atoms with Gasteiger partial charge in [0, 0.05) is 38.1 Å². The maximum Gasteiger partial charge on any atom is 0.0252 e. The standard InChI is InChI=1S/C13H23N3/c1-11-9-13(12(2)15(11)3)10-16-7-4-5-14-6-8-16/h9,14H,4-8,10H2,1-3H3. The molecule has 2 heterocycles. The van der Waals surface area contributed by atoms with E-state index in [1.807, 2.05) is 0 Å². The maximum atomic E-state index is 3.45. The van der Waals surface area contributed by atoms with E-state index in [1.165, 1.54) is 43.0 Å². The summed E-state index contributed by atoms with van der Waals surface area (Å²) in [5.74, 6) is 0. The Hall–Kier alpha value is -0.800. The molecular weight excluding hydrogens is 198 g/mol. The molecule has 0 unspecified atom stereocenters. The van der Waals surface area contributed by atoms with Crippen LogP contribution in [0.5, 0.6) is 0 Å². The molecule has 0 amide bonds. The second-order valence-electron chi connectivity index (χ2n) is 4.84. The summed E-state index contributed by atoms with van der Waals surface area (Å²) < 4.78 is 2.28. The average molecular weight is 221 g/mol. The second-order valence-corrected chi connectivity index (χ2v) is 4.84. The van der Waals surface area contributed by atoms with Crippen LogP contribution < -0.4 is 5.32 Å². The molecule has 0 radical (unpaired) electrons. The van der Waals surface area contributed by atoms with E-state index in [4.69, 9.17) is 0 Å². The lowest BCUT2D eigenvalue weighted by Crippen LogP contribution is -2.27. The summed E-state index contributed by atoms with van der Waals surface area (Å²) in [5.41, 5.74) is 4.26. The monoisotopic (exact) mass is 221 g/mol. The van der Waals surface area contributed by atoms with Crippen LogP contribution in [0.15, 0.2) is 6.07 Å². The third-order valence-corrected chi connectivity index (χ3v) is 3.71. The third kappa shape index (κ3) is 2.47.